The quantitative estimate of drug-likeness (QED) is 0.317. The molecule has 5 nitrogen and oxygen atoms in total. The fraction of sp³-hybridized carbons (Fsp3) is 0.222. The Balaban J connectivity index is 1.43. The topological polar surface area (TPSA) is 64.0 Å². The maximum Gasteiger partial charge on any atom is 0.262 e. The zero-order valence-electron chi connectivity index (χ0n) is 18.5. The van der Waals surface area contributed by atoms with Crippen LogP contribution in [0.2, 0.25) is 0 Å². The lowest BCUT2D eigenvalue weighted by Crippen LogP contribution is -2.25. The molecule has 0 atom stereocenters. The fourth-order valence-electron chi connectivity index (χ4n) is 3.67. The van der Waals surface area contributed by atoms with Crippen molar-refractivity contribution in [3.05, 3.63) is 105 Å². The van der Waals surface area contributed by atoms with E-state index in [1.807, 2.05) is 48.5 Å². The molecule has 5 rings (SSSR count). The molecule has 1 amide bonds. The normalized spacial score (nSPS) is 13.2. The highest BCUT2D eigenvalue weighted by Crippen LogP contribution is 2.24. The third-order valence-corrected chi connectivity index (χ3v) is 6.83. The minimum Gasteiger partial charge on any atom is -0.349 e. The van der Waals surface area contributed by atoms with Crippen LogP contribution in [0.3, 0.4) is 0 Å². The van der Waals surface area contributed by atoms with Crippen LogP contribution in [0.5, 0.6) is 0 Å². The second-order valence-electron chi connectivity index (χ2n) is 8.52. The molecule has 1 aliphatic carbocycles. The number of nitrogens with zero attached hydrogens (tertiary/aromatic N) is 2. The van der Waals surface area contributed by atoms with Crippen LogP contribution in [0.15, 0.2) is 82.7 Å². The molecular formula is C27H25N3O2S. The standard InChI is InChI=1S/C27H25N3O2S/c1-18-6-8-20(9-7-18)17-33-27-29-24-5-3-2-4-23(24)26(32)30(27)16-19-10-12-21(13-11-19)25(31)28-22-14-15-22/h2-13,22H,14-17H2,1H3,(H,28,31). The first-order valence-electron chi connectivity index (χ1n) is 11.1. The van der Waals surface area contributed by atoms with E-state index in [0.717, 1.165) is 24.2 Å². The fourth-order valence-corrected chi connectivity index (χ4v) is 4.62. The van der Waals surface area contributed by atoms with Crippen molar-refractivity contribution < 1.29 is 4.79 Å². The Morgan fingerprint density at radius 3 is 2.42 bits per heavy atom. The molecule has 0 unspecified atom stereocenters. The number of aromatic nitrogens is 2. The molecule has 33 heavy (non-hydrogen) atoms. The largest absolute Gasteiger partial charge is 0.349 e. The van der Waals surface area contributed by atoms with Crippen LogP contribution in [-0.4, -0.2) is 21.5 Å². The van der Waals surface area contributed by atoms with Gasteiger partial charge in [-0.15, -0.1) is 0 Å². The smallest absolute Gasteiger partial charge is 0.262 e. The molecule has 166 valence electrons. The van der Waals surface area contributed by atoms with Crippen LogP contribution in [0.1, 0.15) is 39.9 Å². The van der Waals surface area contributed by atoms with E-state index in [-0.39, 0.29) is 11.5 Å². The molecular weight excluding hydrogens is 430 g/mol. The average Bonchev–Trinajstić information content (AvgIpc) is 3.65. The first-order valence-corrected chi connectivity index (χ1v) is 12.1. The molecule has 0 saturated heterocycles. The van der Waals surface area contributed by atoms with Crippen LogP contribution in [-0.2, 0) is 12.3 Å². The number of hydrogen-bond acceptors (Lipinski definition) is 4. The lowest BCUT2D eigenvalue weighted by molar-refractivity contribution is 0.0951. The van der Waals surface area contributed by atoms with E-state index in [2.05, 4.69) is 36.5 Å². The Morgan fingerprint density at radius 2 is 1.70 bits per heavy atom. The van der Waals surface area contributed by atoms with Crippen molar-refractivity contribution in [2.45, 2.75) is 43.3 Å². The maximum atomic E-state index is 13.4. The highest BCUT2D eigenvalue weighted by molar-refractivity contribution is 7.98. The van der Waals surface area contributed by atoms with E-state index in [4.69, 9.17) is 4.98 Å². The molecule has 1 saturated carbocycles. The summed E-state index contributed by atoms with van der Waals surface area (Å²) in [4.78, 5) is 30.5. The number of carbonyl (C=O) groups excluding carboxylic acids is 1. The molecule has 4 aromatic rings. The van der Waals surface area contributed by atoms with Crippen molar-refractivity contribution >= 4 is 28.6 Å². The number of benzene rings is 3. The van der Waals surface area contributed by atoms with Crippen LogP contribution in [0.4, 0.5) is 0 Å². The van der Waals surface area contributed by atoms with Gasteiger partial charge >= 0.3 is 0 Å². The number of rotatable bonds is 7. The van der Waals surface area contributed by atoms with Crippen molar-refractivity contribution in [2.24, 2.45) is 0 Å². The van der Waals surface area contributed by atoms with Crippen molar-refractivity contribution in [2.75, 3.05) is 0 Å². The second-order valence-corrected chi connectivity index (χ2v) is 9.46. The zero-order valence-corrected chi connectivity index (χ0v) is 19.3. The summed E-state index contributed by atoms with van der Waals surface area (Å²) in [6.07, 6.45) is 2.12. The van der Waals surface area contributed by atoms with Gasteiger partial charge in [0.15, 0.2) is 5.16 Å². The second kappa shape index (κ2) is 9.24. The van der Waals surface area contributed by atoms with Crippen molar-refractivity contribution in [1.82, 2.24) is 14.9 Å². The molecule has 1 heterocycles. The third-order valence-electron chi connectivity index (χ3n) is 5.78. The van der Waals surface area contributed by atoms with E-state index < -0.39 is 0 Å². The summed E-state index contributed by atoms with van der Waals surface area (Å²) in [7, 11) is 0. The van der Waals surface area contributed by atoms with Gasteiger partial charge in [-0.2, -0.15) is 0 Å². The van der Waals surface area contributed by atoms with E-state index in [9.17, 15) is 9.59 Å². The number of hydrogen-bond donors (Lipinski definition) is 1. The SMILES string of the molecule is Cc1ccc(CSc2nc3ccccc3c(=O)n2Cc2ccc(C(=O)NC3CC3)cc2)cc1. The van der Waals surface area contributed by atoms with Gasteiger partial charge < -0.3 is 5.32 Å². The van der Waals surface area contributed by atoms with E-state index in [0.29, 0.717) is 34.2 Å². The molecule has 1 aromatic heterocycles. The van der Waals surface area contributed by atoms with Crippen LogP contribution >= 0.6 is 11.8 Å². The summed E-state index contributed by atoms with van der Waals surface area (Å²) < 4.78 is 1.74. The van der Waals surface area contributed by atoms with Gasteiger partial charge in [-0.25, -0.2) is 4.98 Å². The van der Waals surface area contributed by atoms with Crippen molar-refractivity contribution in [3.8, 4) is 0 Å². The van der Waals surface area contributed by atoms with Crippen molar-refractivity contribution in [3.63, 3.8) is 0 Å². The van der Waals surface area contributed by atoms with Gasteiger partial charge in [-0.3, -0.25) is 14.2 Å². The highest BCUT2D eigenvalue weighted by atomic mass is 32.2. The Hall–Kier alpha value is -3.38. The van der Waals surface area contributed by atoms with E-state index >= 15 is 0 Å². The summed E-state index contributed by atoms with van der Waals surface area (Å²) in [5.74, 6) is 0.689. The van der Waals surface area contributed by atoms with Gasteiger partial charge in [0.2, 0.25) is 0 Å². The highest BCUT2D eigenvalue weighted by Gasteiger charge is 2.23. The minimum atomic E-state index is -0.0532. The lowest BCUT2D eigenvalue weighted by atomic mass is 10.1. The van der Waals surface area contributed by atoms with Crippen molar-refractivity contribution in [1.29, 1.82) is 0 Å². The predicted molar refractivity (Wildman–Crippen MR) is 133 cm³/mol. The Labute approximate surface area is 196 Å². The van der Waals surface area contributed by atoms with Crippen LogP contribution in [0.25, 0.3) is 10.9 Å². The molecule has 0 aliphatic heterocycles. The number of fused-ring (bicyclic) bond motifs is 1. The van der Waals surface area contributed by atoms with E-state index in [1.54, 1.807) is 16.3 Å². The number of amides is 1. The third kappa shape index (κ3) is 5.01. The molecule has 0 radical (unpaired) electrons. The molecule has 3 aromatic carbocycles. The Kier molecular flexibility index (Phi) is 6.01. The molecule has 0 bridgehead atoms. The number of carbonyl (C=O) groups is 1. The van der Waals surface area contributed by atoms with Gasteiger partial charge in [-0.1, -0.05) is 65.9 Å². The summed E-state index contributed by atoms with van der Waals surface area (Å²) in [6.45, 7) is 2.47. The van der Waals surface area contributed by atoms with Crippen LogP contribution < -0.4 is 10.9 Å². The number of aryl methyl sites for hydroxylation is 1. The number of nitrogens with one attached hydrogen (secondary N) is 1. The maximum absolute atomic E-state index is 13.4. The van der Waals surface area contributed by atoms with Crippen LogP contribution in [0, 0.1) is 6.92 Å². The lowest BCUT2D eigenvalue weighted by Gasteiger charge is -2.14. The molecule has 1 aliphatic rings. The van der Waals surface area contributed by atoms with Gasteiger partial charge in [0.1, 0.15) is 0 Å². The number of para-hydroxylation sites is 1. The molecule has 1 N–H and O–H groups in total. The minimum absolute atomic E-state index is 0.0390. The zero-order chi connectivity index (χ0) is 22.8. The summed E-state index contributed by atoms with van der Waals surface area (Å²) in [5.41, 5.74) is 4.65. The summed E-state index contributed by atoms with van der Waals surface area (Å²) in [5, 5.41) is 4.30. The number of thioether (sulfide) groups is 1. The van der Waals surface area contributed by atoms with Gasteiger partial charge in [0.25, 0.3) is 11.5 Å². The van der Waals surface area contributed by atoms with Gasteiger partial charge in [-0.05, 0) is 55.2 Å². The average molecular weight is 456 g/mol. The monoisotopic (exact) mass is 455 g/mol. The molecule has 1 fully saturated rings. The predicted octanol–water partition coefficient (Wildman–Crippen LogP) is 4.94. The Bertz CT molecular complexity index is 1360. The molecule has 0 spiro atoms. The van der Waals surface area contributed by atoms with Gasteiger partial charge in [0.05, 0.1) is 17.4 Å². The first kappa shape index (κ1) is 21.5. The summed E-state index contributed by atoms with van der Waals surface area (Å²) in [6, 6.07) is 23.7. The van der Waals surface area contributed by atoms with Gasteiger partial charge in [0, 0.05) is 17.4 Å². The first-order chi connectivity index (χ1) is 16.1. The Morgan fingerprint density at radius 1 is 1.00 bits per heavy atom. The summed E-state index contributed by atoms with van der Waals surface area (Å²) >= 11 is 1.56. The molecule has 6 heteroatoms. The van der Waals surface area contributed by atoms with E-state index in [1.165, 1.54) is 11.1 Å².